The molecule has 0 aromatic rings. The summed E-state index contributed by atoms with van der Waals surface area (Å²) in [6.45, 7) is 4.27. The lowest BCUT2D eigenvalue weighted by molar-refractivity contribution is -0.141. The van der Waals surface area contributed by atoms with Gasteiger partial charge in [0.05, 0.1) is 19.8 Å². The molecule has 0 unspecified atom stereocenters. The van der Waals surface area contributed by atoms with Crippen LogP contribution in [0.1, 0.15) is 46.5 Å². The van der Waals surface area contributed by atoms with Crippen LogP contribution in [0.2, 0.25) is 0 Å². The van der Waals surface area contributed by atoms with E-state index < -0.39 is 25.6 Å². The van der Waals surface area contributed by atoms with Crippen LogP contribution in [-0.4, -0.2) is 31.5 Å². The molecule has 0 bridgehead atoms. The zero-order valence-electron chi connectivity index (χ0n) is 12.2. The Morgan fingerprint density at radius 1 is 1.10 bits per heavy atom. The Bertz CT molecular complexity index is 326. The number of unbranched alkanes of at least 4 members (excludes halogenated alkanes) is 2. The Labute approximate surface area is 118 Å². The summed E-state index contributed by atoms with van der Waals surface area (Å²) in [6, 6.07) is 0. The molecule has 0 fully saturated rings. The third kappa shape index (κ3) is 6.77. The van der Waals surface area contributed by atoms with Crippen LogP contribution in [0.3, 0.4) is 0 Å². The molecule has 0 atom stereocenters. The first-order valence-corrected chi connectivity index (χ1v) is 8.23. The molecule has 0 rings (SSSR count). The van der Waals surface area contributed by atoms with Crippen molar-refractivity contribution in [1.82, 2.24) is 0 Å². The van der Waals surface area contributed by atoms with E-state index in [1.165, 1.54) is 20.8 Å². The highest BCUT2D eigenvalue weighted by atomic mass is 31.2. The molecule has 0 aliphatic rings. The van der Waals surface area contributed by atoms with Crippen LogP contribution in [0, 0.1) is 0 Å². The summed E-state index contributed by atoms with van der Waals surface area (Å²) in [4.78, 5) is 10.5. The lowest BCUT2D eigenvalue weighted by atomic mass is 10.2. The van der Waals surface area contributed by atoms with Gasteiger partial charge in [-0.1, -0.05) is 0 Å². The first kappa shape index (κ1) is 19.5. The molecule has 5 nitrogen and oxygen atoms in total. The maximum Gasteiger partial charge on any atom is 0.399 e. The van der Waals surface area contributed by atoms with E-state index in [1.807, 2.05) is 0 Å². The SMILES string of the molecule is CCOP(=O)(OCC)C(F)(F)CCCCCOC(C)=O. The van der Waals surface area contributed by atoms with E-state index in [-0.39, 0.29) is 26.2 Å². The minimum Gasteiger partial charge on any atom is -0.466 e. The normalized spacial score (nSPS) is 12.4. The Balaban J connectivity index is 4.20. The Morgan fingerprint density at radius 2 is 1.65 bits per heavy atom. The van der Waals surface area contributed by atoms with Crippen molar-refractivity contribution in [3.05, 3.63) is 0 Å². The van der Waals surface area contributed by atoms with Crippen LogP contribution >= 0.6 is 7.60 Å². The molecule has 20 heavy (non-hydrogen) atoms. The van der Waals surface area contributed by atoms with E-state index in [2.05, 4.69) is 13.8 Å². The Kier molecular flexibility index (Phi) is 9.18. The van der Waals surface area contributed by atoms with Gasteiger partial charge in [0.15, 0.2) is 0 Å². The van der Waals surface area contributed by atoms with Gasteiger partial charge in [0.1, 0.15) is 0 Å². The maximum absolute atomic E-state index is 13.9. The van der Waals surface area contributed by atoms with Crippen molar-refractivity contribution in [1.29, 1.82) is 0 Å². The summed E-state index contributed by atoms with van der Waals surface area (Å²) in [5.74, 6) is -0.396. The average molecular weight is 316 g/mol. The molecule has 0 aliphatic carbocycles. The highest BCUT2D eigenvalue weighted by Crippen LogP contribution is 2.63. The minimum atomic E-state index is -4.41. The molecular formula is C12H23F2O5P. The summed E-state index contributed by atoms with van der Waals surface area (Å²) in [6.07, 6.45) is 0.507. The molecule has 0 spiro atoms. The monoisotopic (exact) mass is 316 g/mol. The van der Waals surface area contributed by atoms with Crippen molar-refractivity contribution in [2.75, 3.05) is 19.8 Å². The first-order chi connectivity index (χ1) is 9.29. The predicted octanol–water partition coefficient (Wildman–Crippen LogP) is 3.97. The molecule has 0 aromatic carbocycles. The van der Waals surface area contributed by atoms with Gasteiger partial charge in [0.25, 0.3) is 0 Å². The number of hydrogen-bond donors (Lipinski definition) is 0. The third-order valence-electron chi connectivity index (χ3n) is 2.43. The van der Waals surface area contributed by atoms with Crippen molar-refractivity contribution >= 4 is 13.6 Å². The molecule has 0 N–H and O–H groups in total. The standard InChI is InChI=1S/C12H23F2O5P/c1-4-18-20(16,19-5-2)12(13,14)9-7-6-8-10-17-11(3)15/h4-10H2,1-3H3. The molecule has 0 saturated carbocycles. The van der Waals surface area contributed by atoms with Gasteiger partial charge < -0.3 is 13.8 Å². The minimum absolute atomic E-state index is 0.0979. The lowest BCUT2D eigenvalue weighted by Gasteiger charge is -2.25. The van der Waals surface area contributed by atoms with E-state index in [0.29, 0.717) is 12.8 Å². The van der Waals surface area contributed by atoms with Gasteiger partial charge in [0, 0.05) is 13.3 Å². The van der Waals surface area contributed by atoms with E-state index in [4.69, 9.17) is 0 Å². The van der Waals surface area contributed by atoms with Crippen LogP contribution in [0.5, 0.6) is 0 Å². The fraction of sp³-hybridized carbons (Fsp3) is 0.917. The van der Waals surface area contributed by atoms with Gasteiger partial charge in [-0.2, -0.15) is 8.78 Å². The number of hydrogen-bond acceptors (Lipinski definition) is 5. The fourth-order valence-electron chi connectivity index (χ4n) is 1.54. The molecule has 0 radical (unpaired) electrons. The summed E-state index contributed by atoms with van der Waals surface area (Å²) in [5.41, 5.74) is -3.50. The number of rotatable bonds is 11. The zero-order chi connectivity index (χ0) is 15.6. The van der Waals surface area contributed by atoms with Crippen LogP contribution in [0.25, 0.3) is 0 Å². The lowest BCUT2D eigenvalue weighted by Crippen LogP contribution is -2.20. The molecule has 0 saturated heterocycles. The maximum atomic E-state index is 13.9. The summed E-state index contributed by atoms with van der Waals surface area (Å²) < 4.78 is 53.8. The number of carbonyl (C=O) groups is 1. The summed E-state index contributed by atoms with van der Waals surface area (Å²) in [5, 5.41) is 0. The second-order valence-electron chi connectivity index (χ2n) is 4.15. The highest BCUT2D eigenvalue weighted by molar-refractivity contribution is 7.55. The van der Waals surface area contributed by atoms with E-state index >= 15 is 0 Å². The van der Waals surface area contributed by atoms with Crippen LogP contribution in [0.15, 0.2) is 0 Å². The molecule has 0 amide bonds. The van der Waals surface area contributed by atoms with E-state index in [0.717, 1.165) is 0 Å². The van der Waals surface area contributed by atoms with Crippen molar-refractivity contribution in [2.24, 2.45) is 0 Å². The van der Waals surface area contributed by atoms with E-state index in [1.54, 1.807) is 0 Å². The molecular weight excluding hydrogens is 293 g/mol. The van der Waals surface area contributed by atoms with Gasteiger partial charge >= 0.3 is 19.2 Å². The van der Waals surface area contributed by atoms with Crippen molar-refractivity contribution < 1.29 is 31.9 Å². The van der Waals surface area contributed by atoms with Gasteiger partial charge in [-0.3, -0.25) is 9.36 Å². The van der Waals surface area contributed by atoms with Crippen molar-refractivity contribution in [3.63, 3.8) is 0 Å². The van der Waals surface area contributed by atoms with Gasteiger partial charge in [0.2, 0.25) is 0 Å². The molecule has 0 aliphatic heterocycles. The number of carbonyl (C=O) groups excluding carboxylic acids is 1. The zero-order valence-corrected chi connectivity index (χ0v) is 13.1. The number of ether oxygens (including phenoxy) is 1. The quantitative estimate of drug-likeness (QED) is 0.328. The first-order valence-electron chi connectivity index (χ1n) is 6.69. The molecule has 0 heterocycles. The largest absolute Gasteiger partial charge is 0.466 e. The summed E-state index contributed by atoms with van der Waals surface area (Å²) >= 11 is 0. The van der Waals surface area contributed by atoms with Gasteiger partial charge in [-0.25, -0.2) is 0 Å². The molecule has 0 aromatic heterocycles. The second-order valence-corrected chi connectivity index (χ2v) is 6.32. The van der Waals surface area contributed by atoms with Crippen LogP contribution in [0.4, 0.5) is 8.78 Å². The highest BCUT2D eigenvalue weighted by Gasteiger charge is 2.52. The number of esters is 1. The van der Waals surface area contributed by atoms with E-state index in [9.17, 15) is 18.1 Å². The van der Waals surface area contributed by atoms with Crippen LogP contribution < -0.4 is 0 Å². The van der Waals surface area contributed by atoms with Crippen LogP contribution in [-0.2, 0) is 23.1 Å². The number of halogens is 2. The number of alkyl halides is 2. The van der Waals surface area contributed by atoms with Gasteiger partial charge in [-0.15, -0.1) is 0 Å². The molecule has 8 heteroatoms. The average Bonchev–Trinajstić information content (AvgIpc) is 2.33. The smallest absolute Gasteiger partial charge is 0.399 e. The topological polar surface area (TPSA) is 61.8 Å². The van der Waals surface area contributed by atoms with Gasteiger partial charge in [-0.05, 0) is 33.1 Å². The fourth-order valence-corrected chi connectivity index (χ4v) is 3.10. The van der Waals surface area contributed by atoms with Crippen molar-refractivity contribution in [3.8, 4) is 0 Å². The third-order valence-corrected chi connectivity index (χ3v) is 4.65. The molecule has 120 valence electrons. The van der Waals surface area contributed by atoms with Crippen molar-refractivity contribution in [2.45, 2.75) is 52.1 Å². The second kappa shape index (κ2) is 9.42. The summed E-state index contributed by atoms with van der Waals surface area (Å²) in [7, 11) is -4.41. The predicted molar refractivity (Wildman–Crippen MR) is 70.9 cm³/mol. The Hall–Kier alpha value is -0.520. The Morgan fingerprint density at radius 3 is 2.10 bits per heavy atom.